The standard InChI is InChI=1S/C31H37NO3S/c1-4-5-6-7-11-29(25-12-14-26(15-13-25)31(35)32-21-20-30(33)34)36-27-18-16-24(17-19-27)28-10-8-9-22(2)23(28)3/h8-10,12-19,29H,4-7,11,20-21H2,1-3H3,(H,32,35)(H,33,34). The Bertz CT molecular complexity index is 1140. The van der Waals surface area contributed by atoms with Gasteiger partial charge in [0.2, 0.25) is 0 Å². The van der Waals surface area contributed by atoms with Gasteiger partial charge in [-0.05, 0) is 72.4 Å². The number of hydrogen-bond acceptors (Lipinski definition) is 3. The first kappa shape index (κ1) is 27.5. The number of unbranched alkanes of at least 4 members (excludes halogenated alkanes) is 3. The first-order valence-electron chi connectivity index (χ1n) is 12.8. The van der Waals surface area contributed by atoms with Crippen LogP contribution in [0.1, 0.15) is 77.7 Å². The van der Waals surface area contributed by atoms with Crippen LogP contribution in [0, 0.1) is 13.8 Å². The lowest BCUT2D eigenvalue weighted by molar-refractivity contribution is -0.136. The molecule has 1 amide bonds. The average molecular weight is 504 g/mol. The van der Waals surface area contributed by atoms with Crippen molar-refractivity contribution in [2.45, 2.75) is 69.4 Å². The maximum Gasteiger partial charge on any atom is 0.305 e. The fourth-order valence-corrected chi connectivity index (χ4v) is 5.42. The number of aryl methyl sites for hydroxylation is 1. The number of rotatable bonds is 13. The van der Waals surface area contributed by atoms with Gasteiger partial charge in [-0.3, -0.25) is 9.59 Å². The van der Waals surface area contributed by atoms with E-state index in [1.54, 1.807) is 0 Å². The highest BCUT2D eigenvalue weighted by Gasteiger charge is 2.15. The molecule has 4 nitrogen and oxygen atoms in total. The van der Waals surface area contributed by atoms with Crippen LogP contribution in [0.2, 0.25) is 0 Å². The first-order valence-corrected chi connectivity index (χ1v) is 13.7. The summed E-state index contributed by atoms with van der Waals surface area (Å²) in [6, 6.07) is 23.0. The lowest BCUT2D eigenvalue weighted by atomic mass is 9.97. The fraction of sp³-hybridized carbons (Fsp3) is 0.355. The van der Waals surface area contributed by atoms with Crippen molar-refractivity contribution in [3.63, 3.8) is 0 Å². The normalized spacial score (nSPS) is 11.8. The number of carboxylic acid groups (broad SMARTS) is 1. The third-order valence-corrected chi connectivity index (χ3v) is 7.87. The highest BCUT2D eigenvalue weighted by Crippen LogP contribution is 2.40. The van der Waals surface area contributed by atoms with Gasteiger partial charge in [-0.2, -0.15) is 0 Å². The Hall–Kier alpha value is -3.05. The number of benzene rings is 3. The predicted octanol–water partition coefficient (Wildman–Crippen LogP) is 7.98. The summed E-state index contributed by atoms with van der Waals surface area (Å²) < 4.78 is 0. The Morgan fingerprint density at radius 3 is 2.31 bits per heavy atom. The molecule has 0 spiro atoms. The van der Waals surface area contributed by atoms with Crippen molar-refractivity contribution < 1.29 is 14.7 Å². The van der Waals surface area contributed by atoms with Crippen LogP contribution in [0.25, 0.3) is 11.1 Å². The Balaban J connectivity index is 1.72. The van der Waals surface area contributed by atoms with Gasteiger partial charge in [-0.25, -0.2) is 0 Å². The van der Waals surface area contributed by atoms with Crippen LogP contribution in [0.4, 0.5) is 0 Å². The molecule has 0 heterocycles. The second kappa shape index (κ2) is 13.9. The van der Waals surface area contributed by atoms with Crippen LogP contribution < -0.4 is 5.32 Å². The summed E-state index contributed by atoms with van der Waals surface area (Å²) >= 11 is 1.88. The van der Waals surface area contributed by atoms with Gasteiger partial charge >= 0.3 is 5.97 Å². The number of thioether (sulfide) groups is 1. The van der Waals surface area contributed by atoms with E-state index in [4.69, 9.17) is 5.11 Å². The molecule has 0 bridgehead atoms. The van der Waals surface area contributed by atoms with E-state index < -0.39 is 5.97 Å². The molecule has 0 saturated heterocycles. The molecule has 36 heavy (non-hydrogen) atoms. The van der Waals surface area contributed by atoms with Gasteiger partial charge in [-0.1, -0.05) is 75.1 Å². The molecule has 5 heteroatoms. The van der Waals surface area contributed by atoms with E-state index in [0.717, 1.165) is 6.42 Å². The summed E-state index contributed by atoms with van der Waals surface area (Å²) in [5, 5.41) is 11.7. The van der Waals surface area contributed by atoms with Crippen molar-refractivity contribution in [2.24, 2.45) is 0 Å². The third-order valence-electron chi connectivity index (χ3n) is 6.54. The molecule has 0 fully saturated rings. The van der Waals surface area contributed by atoms with E-state index in [0.29, 0.717) is 10.8 Å². The Labute approximate surface area is 219 Å². The second-order valence-corrected chi connectivity index (χ2v) is 10.5. The summed E-state index contributed by atoms with van der Waals surface area (Å²) in [7, 11) is 0. The zero-order valence-electron chi connectivity index (χ0n) is 21.5. The molecule has 0 aliphatic carbocycles. The topological polar surface area (TPSA) is 66.4 Å². The summed E-state index contributed by atoms with van der Waals surface area (Å²) in [5.74, 6) is -1.16. The maximum absolute atomic E-state index is 12.3. The molecule has 0 aliphatic rings. The van der Waals surface area contributed by atoms with E-state index in [1.807, 2.05) is 36.0 Å². The summed E-state index contributed by atoms with van der Waals surface area (Å²) in [4.78, 5) is 24.2. The van der Waals surface area contributed by atoms with Crippen molar-refractivity contribution in [3.05, 3.63) is 89.0 Å². The molecular formula is C31H37NO3S. The van der Waals surface area contributed by atoms with E-state index in [-0.39, 0.29) is 18.9 Å². The van der Waals surface area contributed by atoms with Gasteiger partial charge in [0.15, 0.2) is 0 Å². The highest BCUT2D eigenvalue weighted by molar-refractivity contribution is 7.99. The minimum atomic E-state index is -0.921. The number of nitrogens with one attached hydrogen (secondary N) is 1. The van der Waals surface area contributed by atoms with E-state index in [1.165, 1.54) is 58.4 Å². The lowest BCUT2D eigenvalue weighted by Gasteiger charge is -2.18. The molecule has 3 aromatic rings. The fourth-order valence-electron chi connectivity index (χ4n) is 4.23. The van der Waals surface area contributed by atoms with Crippen molar-refractivity contribution in [2.75, 3.05) is 6.54 Å². The quantitative estimate of drug-likeness (QED) is 0.183. The summed E-state index contributed by atoms with van der Waals surface area (Å²) in [6.45, 7) is 6.68. The van der Waals surface area contributed by atoms with Crippen molar-refractivity contribution in [1.29, 1.82) is 0 Å². The van der Waals surface area contributed by atoms with Crippen LogP contribution in [0.3, 0.4) is 0 Å². The average Bonchev–Trinajstić information content (AvgIpc) is 2.88. The van der Waals surface area contributed by atoms with Crippen molar-refractivity contribution in [1.82, 2.24) is 5.32 Å². The van der Waals surface area contributed by atoms with Gasteiger partial charge in [0.1, 0.15) is 0 Å². The summed E-state index contributed by atoms with van der Waals surface area (Å²) in [5.41, 5.74) is 6.89. The van der Waals surface area contributed by atoms with Crippen LogP contribution in [-0.4, -0.2) is 23.5 Å². The van der Waals surface area contributed by atoms with Gasteiger partial charge in [0, 0.05) is 22.3 Å². The monoisotopic (exact) mass is 503 g/mol. The van der Waals surface area contributed by atoms with Gasteiger partial charge in [0.25, 0.3) is 5.91 Å². The van der Waals surface area contributed by atoms with E-state index in [9.17, 15) is 9.59 Å². The Morgan fingerprint density at radius 2 is 1.64 bits per heavy atom. The Morgan fingerprint density at radius 1 is 0.917 bits per heavy atom. The minimum absolute atomic E-state index is 0.0808. The molecule has 1 atom stereocenters. The van der Waals surface area contributed by atoms with Gasteiger partial charge < -0.3 is 10.4 Å². The molecule has 3 aromatic carbocycles. The minimum Gasteiger partial charge on any atom is -0.481 e. The number of amides is 1. The zero-order valence-corrected chi connectivity index (χ0v) is 22.4. The molecule has 0 saturated carbocycles. The van der Waals surface area contributed by atoms with E-state index >= 15 is 0 Å². The van der Waals surface area contributed by atoms with Crippen molar-refractivity contribution in [3.8, 4) is 11.1 Å². The molecule has 0 aliphatic heterocycles. The van der Waals surface area contributed by atoms with Crippen LogP contribution in [0.5, 0.6) is 0 Å². The summed E-state index contributed by atoms with van der Waals surface area (Å²) in [6.07, 6.45) is 5.85. The molecule has 1 unspecified atom stereocenters. The Kier molecular flexibility index (Phi) is 10.6. The third kappa shape index (κ3) is 7.99. The first-order chi connectivity index (χ1) is 17.4. The number of carbonyl (C=O) groups excluding carboxylic acids is 1. The second-order valence-electron chi connectivity index (χ2n) is 9.25. The largest absolute Gasteiger partial charge is 0.481 e. The predicted molar refractivity (Wildman–Crippen MR) is 150 cm³/mol. The number of hydrogen-bond donors (Lipinski definition) is 2. The lowest BCUT2D eigenvalue weighted by Crippen LogP contribution is -2.25. The number of carboxylic acids is 1. The van der Waals surface area contributed by atoms with Crippen LogP contribution in [0.15, 0.2) is 71.6 Å². The van der Waals surface area contributed by atoms with Crippen molar-refractivity contribution >= 4 is 23.6 Å². The highest BCUT2D eigenvalue weighted by atomic mass is 32.2. The molecule has 0 aromatic heterocycles. The molecule has 0 radical (unpaired) electrons. The smallest absolute Gasteiger partial charge is 0.305 e. The van der Waals surface area contributed by atoms with Crippen LogP contribution in [-0.2, 0) is 4.79 Å². The SMILES string of the molecule is CCCCCCC(Sc1ccc(-c2cccc(C)c2C)cc1)c1ccc(C(=O)NCCC(=O)O)cc1. The molecule has 190 valence electrons. The number of aliphatic carboxylic acids is 1. The van der Waals surface area contributed by atoms with Gasteiger partial charge in [0.05, 0.1) is 6.42 Å². The molecule has 2 N–H and O–H groups in total. The molecule has 3 rings (SSSR count). The van der Waals surface area contributed by atoms with Gasteiger partial charge in [-0.15, -0.1) is 11.8 Å². The van der Waals surface area contributed by atoms with E-state index in [2.05, 4.69) is 68.6 Å². The van der Waals surface area contributed by atoms with Crippen LogP contribution >= 0.6 is 11.8 Å². The molecular weight excluding hydrogens is 466 g/mol. The number of carbonyl (C=O) groups is 2. The zero-order chi connectivity index (χ0) is 25.9. The maximum atomic E-state index is 12.3.